The first kappa shape index (κ1) is 11.1. The summed E-state index contributed by atoms with van der Waals surface area (Å²) in [6, 6.07) is 19.0. The summed E-state index contributed by atoms with van der Waals surface area (Å²) >= 11 is 0. The lowest BCUT2D eigenvalue weighted by molar-refractivity contribution is 0.820. The molecule has 2 nitrogen and oxygen atoms in total. The second-order valence-electron chi connectivity index (χ2n) is 4.63. The average molecular weight is 236 g/mol. The largest absolute Gasteiger partial charge is 0.324 e. The van der Waals surface area contributed by atoms with Crippen LogP contribution in [0.5, 0.6) is 0 Å². The summed E-state index contributed by atoms with van der Waals surface area (Å²) in [4.78, 5) is 0. The molecule has 90 valence electrons. The minimum atomic E-state index is 0.0782. The molecule has 0 radical (unpaired) electrons. The summed E-state index contributed by atoms with van der Waals surface area (Å²) in [6.07, 6.45) is 2.10. The molecule has 2 heteroatoms. The number of hydrogen-bond donors (Lipinski definition) is 1. The number of nitrogens with zero attached hydrogens (tertiary/aromatic N) is 1. The minimum absolute atomic E-state index is 0.0782. The fraction of sp³-hybridized carbons (Fsp3) is 0.125. The van der Waals surface area contributed by atoms with Gasteiger partial charge < -0.3 is 10.3 Å². The van der Waals surface area contributed by atoms with Gasteiger partial charge in [-0.3, -0.25) is 0 Å². The second-order valence-corrected chi connectivity index (χ2v) is 4.63. The van der Waals surface area contributed by atoms with Gasteiger partial charge in [-0.15, -0.1) is 0 Å². The van der Waals surface area contributed by atoms with Crippen molar-refractivity contribution in [1.29, 1.82) is 0 Å². The van der Waals surface area contributed by atoms with Crippen molar-refractivity contribution in [3.63, 3.8) is 0 Å². The number of fused-ring (bicyclic) bond motifs is 1. The van der Waals surface area contributed by atoms with E-state index in [9.17, 15) is 0 Å². The fourth-order valence-electron chi connectivity index (χ4n) is 2.26. The van der Waals surface area contributed by atoms with Crippen LogP contribution in [0.1, 0.15) is 18.5 Å². The van der Waals surface area contributed by atoms with Gasteiger partial charge in [-0.2, -0.15) is 0 Å². The second kappa shape index (κ2) is 4.31. The molecule has 0 spiro atoms. The molecule has 0 saturated heterocycles. The molecule has 2 aromatic carbocycles. The van der Waals surface area contributed by atoms with E-state index in [0.29, 0.717) is 0 Å². The van der Waals surface area contributed by atoms with E-state index in [1.54, 1.807) is 0 Å². The molecular weight excluding hydrogens is 220 g/mol. The van der Waals surface area contributed by atoms with Gasteiger partial charge in [0.15, 0.2) is 0 Å². The summed E-state index contributed by atoms with van der Waals surface area (Å²) in [5, 5.41) is 1.23. The zero-order valence-corrected chi connectivity index (χ0v) is 10.4. The molecule has 0 bridgehead atoms. The molecule has 0 amide bonds. The first-order chi connectivity index (χ1) is 8.75. The molecule has 0 fully saturated rings. The third-order valence-electron chi connectivity index (χ3n) is 3.27. The Kier molecular flexibility index (Phi) is 2.65. The molecule has 3 rings (SSSR count). The summed E-state index contributed by atoms with van der Waals surface area (Å²) < 4.78 is 2.19. The van der Waals surface area contributed by atoms with E-state index >= 15 is 0 Å². The van der Waals surface area contributed by atoms with Crippen LogP contribution in [-0.4, -0.2) is 4.57 Å². The number of benzene rings is 2. The van der Waals surface area contributed by atoms with E-state index < -0.39 is 0 Å². The molecule has 1 atom stereocenters. The molecule has 0 saturated carbocycles. The molecule has 0 unspecified atom stereocenters. The van der Waals surface area contributed by atoms with E-state index in [4.69, 9.17) is 5.73 Å². The minimum Gasteiger partial charge on any atom is -0.324 e. The first-order valence-corrected chi connectivity index (χ1v) is 6.18. The summed E-state index contributed by atoms with van der Waals surface area (Å²) in [6.45, 7) is 2.01. The van der Waals surface area contributed by atoms with Gasteiger partial charge in [0.1, 0.15) is 0 Å². The predicted octanol–water partition coefficient (Wildman–Crippen LogP) is 3.65. The topological polar surface area (TPSA) is 30.9 Å². The Morgan fingerprint density at radius 1 is 1.00 bits per heavy atom. The maximum atomic E-state index is 5.92. The SMILES string of the molecule is C[C@H](N)c1ccc2c(ccn2-c2ccccc2)c1. The molecule has 0 aliphatic heterocycles. The lowest BCUT2D eigenvalue weighted by Gasteiger charge is -2.08. The zero-order chi connectivity index (χ0) is 12.5. The van der Waals surface area contributed by atoms with E-state index in [-0.39, 0.29) is 6.04 Å². The van der Waals surface area contributed by atoms with Crippen LogP contribution in [0.25, 0.3) is 16.6 Å². The van der Waals surface area contributed by atoms with Crippen LogP contribution < -0.4 is 5.73 Å². The number of hydrogen-bond acceptors (Lipinski definition) is 1. The average Bonchev–Trinajstić information content (AvgIpc) is 2.82. The van der Waals surface area contributed by atoms with Crippen molar-refractivity contribution in [2.75, 3.05) is 0 Å². The zero-order valence-electron chi connectivity index (χ0n) is 10.4. The van der Waals surface area contributed by atoms with Gasteiger partial charge in [-0.25, -0.2) is 0 Å². The smallest absolute Gasteiger partial charge is 0.0528 e. The van der Waals surface area contributed by atoms with Crippen molar-refractivity contribution in [2.24, 2.45) is 5.73 Å². The van der Waals surface area contributed by atoms with Gasteiger partial charge in [0.2, 0.25) is 0 Å². The number of nitrogens with two attached hydrogens (primary N) is 1. The van der Waals surface area contributed by atoms with Gasteiger partial charge in [-0.05, 0) is 42.8 Å². The van der Waals surface area contributed by atoms with Gasteiger partial charge in [0.25, 0.3) is 0 Å². The standard InChI is InChI=1S/C16H16N2/c1-12(17)13-7-8-16-14(11-13)9-10-18(16)15-5-3-2-4-6-15/h2-12H,17H2,1H3/t12-/m0/s1. The molecule has 2 N–H and O–H groups in total. The lowest BCUT2D eigenvalue weighted by Crippen LogP contribution is -2.04. The Bertz CT molecular complexity index is 666. The Hall–Kier alpha value is -2.06. The van der Waals surface area contributed by atoms with Crippen molar-refractivity contribution >= 4 is 10.9 Å². The summed E-state index contributed by atoms with van der Waals surface area (Å²) in [7, 11) is 0. The van der Waals surface area contributed by atoms with E-state index in [2.05, 4.69) is 59.3 Å². The molecule has 0 aliphatic rings. The van der Waals surface area contributed by atoms with Crippen molar-refractivity contribution in [1.82, 2.24) is 4.57 Å². The maximum absolute atomic E-state index is 5.92. The lowest BCUT2D eigenvalue weighted by atomic mass is 10.1. The van der Waals surface area contributed by atoms with E-state index in [0.717, 1.165) is 0 Å². The molecule has 3 aromatic rings. The van der Waals surface area contributed by atoms with Crippen LogP contribution in [0, 0.1) is 0 Å². The van der Waals surface area contributed by atoms with Crippen LogP contribution in [0.15, 0.2) is 60.8 Å². The van der Waals surface area contributed by atoms with Gasteiger partial charge in [0.05, 0.1) is 5.52 Å². The quantitative estimate of drug-likeness (QED) is 0.723. The summed E-state index contributed by atoms with van der Waals surface area (Å²) in [5.74, 6) is 0. The third-order valence-corrected chi connectivity index (χ3v) is 3.27. The fourth-order valence-corrected chi connectivity index (χ4v) is 2.26. The van der Waals surface area contributed by atoms with Crippen LogP contribution in [0.2, 0.25) is 0 Å². The number of aromatic nitrogens is 1. The van der Waals surface area contributed by atoms with E-state index in [1.165, 1.54) is 22.2 Å². The monoisotopic (exact) mass is 236 g/mol. The highest BCUT2D eigenvalue weighted by molar-refractivity contribution is 5.82. The van der Waals surface area contributed by atoms with Crippen LogP contribution in [-0.2, 0) is 0 Å². The Balaban J connectivity index is 2.16. The molecule has 1 heterocycles. The Morgan fingerprint density at radius 3 is 2.50 bits per heavy atom. The summed E-state index contributed by atoms with van der Waals surface area (Å²) in [5.41, 5.74) is 9.49. The highest BCUT2D eigenvalue weighted by atomic mass is 15.0. The van der Waals surface area contributed by atoms with Gasteiger partial charge >= 0.3 is 0 Å². The van der Waals surface area contributed by atoms with Gasteiger partial charge in [-0.1, -0.05) is 24.3 Å². The number of para-hydroxylation sites is 1. The molecule has 0 aliphatic carbocycles. The van der Waals surface area contributed by atoms with Crippen molar-refractivity contribution in [2.45, 2.75) is 13.0 Å². The van der Waals surface area contributed by atoms with Crippen molar-refractivity contribution < 1.29 is 0 Å². The number of rotatable bonds is 2. The van der Waals surface area contributed by atoms with Crippen molar-refractivity contribution in [3.05, 3.63) is 66.4 Å². The van der Waals surface area contributed by atoms with Crippen LogP contribution >= 0.6 is 0 Å². The Morgan fingerprint density at radius 2 is 1.78 bits per heavy atom. The normalized spacial score (nSPS) is 12.8. The highest BCUT2D eigenvalue weighted by Crippen LogP contribution is 2.23. The van der Waals surface area contributed by atoms with Crippen molar-refractivity contribution in [3.8, 4) is 5.69 Å². The third kappa shape index (κ3) is 1.81. The van der Waals surface area contributed by atoms with Crippen LogP contribution in [0.4, 0.5) is 0 Å². The molecule has 18 heavy (non-hydrogen) atoms. The van der Waals surface area contributed by atoms with Gasteiger partial charge in [0, 0.05) is 23.3 Å². The highest BCUT2D eigenvalue weighted by Gasteiger charge is 2.05. The Labute approximate surface area is 107 Å². The predicted molar refractivity (Wildman–Crippen MR) is 75.9 cm³/mol. The molecule has 1 aromatic heterocycles. The first-order valence-electron chi connectivity index (χ1n) is 6.18. The maximum Gasteiger partial charge on any atom is 0.0528 e. The van der Waals surface area contributed by atoms with E-state index in [1.807, 2.05) is 13.0 Å². The molecular formula is C16H16N2. The van der Waals surface area contributed by atoms with Crippen LogP contribution in [0.3, 0.4) is 0 Å².